The molecule has 0 aromatic rings. The van der Waals surface area contributed by atoms with Crippen LogP contribution in [-0.2, 0) is 4.79 Å². The minimum absolute atomic E-state index is 0.228. The molecule has 3 nitrogen and oxygen atoms in total. The molecule has 2 atom stereocenters. The molecule has 0 saturated carbocycles. The highest BCUT2D eigenvalue weighted by molar-refractivity contribution is 5.76. The van der Waals surface area contributed by atoms with Crippen molar-refractivity contribution in [3.05, 3.63) is 0 Å². The van der Waals surface area contributed by atoms with Crippen molar-refractivity contribution in [1.29, 1.82) is 0 Å². The van der Waals surface area contributed by atoms with Gasteiger partial charge in [-0.2, -0.15) is 0 Å². The maximum Gasteiger partial charge on any atom is 0.220 e. The summed E-state index contributed by atoms with van der Waals surface area (Å²) in [5, 5.41) is 6.63. The van der Waals surface area contributed by atoms with Gasteiger partial charge in [0.05, 0.1) is 0 Å². The Labute approximate surface area is 112 Å². The minimum Gasteiger partial charge on any atom is -0.352 e. The van der Waals surface area contributed by atoms with Crippen molar-refractivity contribution in [1.82, 2.24) is 10.6 Å². The molecule has 1 heterocycles. The van der Waals surface area contributed by atoms with Gasteiger partial charge in [-0.15, -0.1) is 0 Å². The van der Waals surface area contributed by atoms with E-state index in [0.29, 0.717) is 12.5 Å². The molecule has 2 N–H and O–H groups in total. The van der Waals surface area contributed by atoms with E-state index in [1.54, 1.807) is 0 Å². The molecule has 3 heteroatoms. The van der Waals surface area contributed by atoms with Gasteiger partial charge in [0, 0.05) is 18.5 Å². The minimum atomic E-state index is 0.228. The number of nitrogens with one attached hydrogen (secondary N) is 2. The summed E-state index contributed by atoms with van der Waals surface area (Å²) < 4.78 is 0. The Morgan fingerprint density at radius 1 is 1.28 bits per heavy atom. The van der Waals surface area contributed by atoms with E-state index in [0.717, 1.165) is 13.0 Å². The first-order chi connectivity index (χ1) is 8.74. The summed E-state index contributed by atoms with van der Waals surface area (Å²) in [4.78, 5) is 11.8. The van der Waals surface area contributed by atoms with Gasteiger partial charge < -0.3 is 10.6 Å². The van der Waals surface area contributed by atoms with E-state index in [1.165, 1.54) is 44.9 Å². The predicted molar refractivity (Wildman–Crippen MR) is 76.6 cm³/mol. The van der Waals surface area contributed by atoms with Crippen LogP contribution in [0.2, 0.25) is 0 Å². The smallest absolute Gasteiger partial charge is 0.220 e. The highest BCUT2D eigenvalue weighted by Crippen LogP contribution is 2.11. The fourth-order valence-corrected chi connectivity index (χ4v) is 2.62. The highest BCUT2D eigenvalue weighted by atomic mass is 16.1. The first-order valence-corrected chi connectivity index (χ1v) is 7.76. The van der Waals surface area contributed by atoms with Crippen molar-refractivity contribution in [3.8, 4) is 0 Å². The van der Waals surface area contributed by atoms with Gasteiger partial charge >= 0.3 is 0 Å². The van der Waals surface area contributed by atoms with Gasteiger partial charge in [-0.25, -0.2) is 0 Å². The molecule has 0 aliphatic carbocycles. The number of hydrogen-bond acceptors (Lipinski definition) is 2. The van der Waals surface area contributed by atoms with Crippen molar-refractivity contribution in [2.24, 2.45) is 0 Å². The number of carbonyl (C=O) groups excluding carboxylic acids is 1. The first kappa shape index (κ1) is 15.5. The lowest BCUT2D eigenvalue weighted by atomic mass is 9.99. The summed E-state index contributed by atoms with van der Waals surface area (Å²) in [5.74, 6) is 0.228. The summed E-state index contributed by atoms with van der Waals surface area (Å²) in [6.45, 7) is 5.44. The summed E-state index contributed by atoms with van der Waals surface area (Å²) in [7, 11) is 0. The average molecular weight is 254 g/mol. The van der Waals surface area contributed by atoms with Gasteiger partial charge in [-0.05, 0) is 32.7 Å². The van der Waals surface area contributed by atoms with E-state index >= 15 is 0 Å². The summed E-state index contributed by atoms with van der Waals surface area (Å²) >= 11 is 0. The number of rotatable bonds is 8. The normalized spacial score (nSPS) is 21.6. The van der Waals surface area contributed by atoms with Crippen LogP contribution in [0, 0.1) is 0 Å². The van der Waals surface area contributed by atoms with Gasteiger partial charge in [-0.1, -0.05) is 39.0 Å². The Morgan fingerprint density at radius 2 is 2.06 bits per heavy atom. The molecule has 0 bridgehead atoms. The second-order valence-corrected chi connectivity index (χ2v) is 5.58. The third-order valence-electron chi connectivity index (χ3n) is 3.85. The molecule has 1 amide bonds. The number of amides is 1. The predicted octanol–water partition coefficient (Wildman–Crippen LogP) is 2.99. The second kappa shape index (κ2) is 9.37. The topological polar surface area (TPSA) is 41.1 Å². The van der Waals surface area contributed by atoms with Gasteiger partial charge in [0.1, 0.15) is 0 Å². The van der Waals surface area contributed by atoms with Crippen molar-refractivity contribution in [2.75, 3.05) is 6.54 Å². The van der Waals surface area contributed by atoms with Crippen LogP contribution in [0.25, 0.3) is 0 Å². The largest absolute Gasteiger partial charge is 0.352 e. The molecule has 1 aliphatic rings. The molecular weight excluding hydrogens is 224 g/mol. The van der Waals surface area contributed by atoms with Crippen LogP contribution < -0.4 is 10.6 Å². The third kappa shape index (κ3) is 6.39. The van der Waals surface area contributed by atoms with Crippen LogP contribution in [0.15, 0.2) is 0 Å². The molecule has 2 unspecified atom stereocenters. The molecule has 0 spiro atoms. The molecule has 1 aliphatic heterocycles. The highest BCUT2D eigenvalue weighted by Gasteiger charge is 2.20. The lowest BCUT2D eigenvalue weighted by Crippen LogP contribution is -2.50. The quantitative estimate of drug-likeness (QED) is 0.654. The van der Waals surface area contributed by atoms with Crippen molar-refractivity contribution in [3.63, 3.8) is 0 Å². The molecule has 106 valence electrons. The number of hydrogen-bond donors (Lipinski definition) is 2. The van der Waals surface area contributed by atoms with Crippen LogP contribution in [0.4, 0.5) is 0 Å². The molecule has 0 aromatic carbocycles. The van der Waals surface area contributed by atoms with Crippen molar-refractivity contribution >= 4 is 5.91 Å². The van der Waals surface area contributed by atoms with E-state index in [1.807, 2.05) is 0 Å². The maximum absolute atomic E-state index is 11.8. The number of piperidine rings is 1. The van der Waals surface area contributed by atoms with Gasteiger partial charge in [0.25, 0.3) is 0 Å². The molecule has 1 rings (SSSR count). The summed E-state index contributed by atoms with van der Waals surface area (Å²) in [6.07, 6.45) is 10.5. The van der Waals surface area contributed by atoms with Crippen LogP contribution in [0.1, 0.15) is 71.6 Å². The fraction of sp³-hybridized carbons (Fsp3) is 0.933. The third-order valence-corrected chi connectivity index (χ3v) is 3.85. The zero-order valence-corrected chi connectivity index (χ0v) is 12.1. The monoisotopic (exact) mass is 254 g/mol. The molecular formula is C15H30N2O. The molecule has 1 saturated heterocycles. The molecule has 0 radical (unpaired) electrons. The van der Waals surface area contributed by atoms with Crippen LogP contribution in [0.3, 0.4) is 0 Å². The lowest BCUT2D eigenvalue weighted by Gasteiger charge is -2.29. The zero-order chi connectivity index (χ0) is 13.2. The van der Waals surface area contributed by atoms with E-state index < -0.39 is 0 Å². The molecule has 1 fully saturated rings. The van der Waals surface area contributed by atoms with Crippen LogP contribution >= 0.6 is 0 Å². The summed E-state index contributed by atoms with van der Waals surface area (Å²) in [6, 6.07) is 0.747. The SMILES string of the molecule is CCCCCCCC(=O)NC(C)C1CCCCN1. The average Bonchev–Trinajstić information content (AvgIpc) is 2.39. The van der Waals surface area contributed by atoms with E-state index in [-0.39, 0.29) is 11.9 Å². The maximum atomic E-state index is 11.8. The lowest BCUT2D eigenvalue weighted by molar-refractivity contribution is -0.122. The molecule has 0 aromatic heterocycles. The Bertz CT molecular complexity index is 225. The Balaban J connectivity index is 2.07. The molecule has 18 heavy (non-hydrogen) atoms. The van der Waals surface area contributed by atoms with Crippen LogP contribution in [-0.4, -0.2) is 24.5 Å². The van der Waals surface area contributed by atoms with Gasteiger partial charge in [0.15, 0.2) is 0 Å². The van der Waals surface area contributed by atoms with E-state index in [2.05, 4.69) is 24.5 Å². The first-order valence-electron chi connectivity index (χ1n) is 7.76. The van der Waals surface area contributed by atoms with E-state index in [4.69, 9.17) is 0 Å². The Kier molecular flexibility index (Phi) is 8.06. The second-order valence-electron chi connectivity index (χ2n) is 5.58. The van der Waals surface area contributed by atoms with E-state index in [9.17, 15) is 4.79 Å². The number of unbranched alkanes of at least 4 members (excludes halogenated alkanes) is 4. The standard InChI is InChI=1S/C15H30N2O/c1-3-4-5-6-7-11-15(18)17-13(2)14-10-8-9-12-16-14/h13-14,16H,3-12H2,1-2H3,(H,17,18). The fourth-order valence-electron chi connectivity index (χ4n) is 2.62. The summed E-state index contributed by atoms with van der Waals surface area (Å²) in [5.41, 5.74) is 0. The van der Waals surface area contributed by atoms with Gasteiger partial charge in [-0.3, -0.25) is 4.79 Å². The zero-order valence-electron chi connectivity index (χ0n) is 12.1. The Hall–Kier alpha value is -0.570. The van der Waals surface area contributed by atoms with Crippen LogP contribution in [0.5, 0.6) is 0 Å². The van der Waals surface area contributed by atoms with Crippen molar-refractivity contribution in [2.45, 2.75) is 83.7 Å². The van der Waals surface area contributed by atoms with Gasteiger partial charge in [0.2, 0.25) is 5.91 Å². The Morgan fingerprint density at radius 3 is 2.72 bits per heavy atom. The number of carbonyl (C=O) groups is 1. The van der Waals surface area contributed by atoms with Crippen molar-refractivity contribution < 1.29 is 4.79 Å².